The van der Waals surface area contributed by atoms with Crippen molar-refractivity contribution in [1.29, 1.82) is 0 Å². The van der Waals surface area contributed by atoms with Crippen molar-refractivity contribution in [2.75, 3.05) is 39.2 Å². The quantitative estimate of drug-likeness (QED) is 0.487. The number of aromatic carboxylic acids is 1. The summed E-state index contributed by atoms with van der Waals surface area (Å²) in [5, 5.41) is 12.3. The van der Waals surface area contributed by atoms with E-state index in [9.17, 15) is 18.3 Å². The Hall–Kier alpha value is -2.62. The number of carbonyl (C=O) groups is 1. The van der Waals surface area contributed by atoms with Gasteiger partial charge in [0.25, 0.3) is 0 Å². The monoisotopic (exact) mass is 408 g/mol. The Morgan fingerprint density at radius 3 is 2.39 bits per heavy atom. The van der Waals surface area contributed by atoms with Gasteiger partial charge in [-0.15, -0.1) is 0 Å². The third-order valence-corrected chi connectivity index (χ3v) is 5.48. The lowest BCUT2D eigenvalue weighted by molar-refractivity contribution is 0.0697. The van der Waals surface area contributed by atoms with Gasteiger partial charge in [0, 0.05) is 25.9 Å². The van der Waals surface area contributed by atoms with Crippen LogP contribution in [0.2, 0.25) is 0 Å². The van der Waals surface area contributed by atoms with Crippen molar-refractivity contribution in [1.82, 2.24) is 4.72 Å². The summed E-state index contributed by atoms with van der Waals surface area (Å²) in [6, 6.07) is 11.3. The highest BCUT2D eigenvalue weighted by molar-refractivity contribution is 7.89. The molecular weight excluding hydrogens is 384 g/mol. The second-order valence-electron chi connectivity index (χ2n) is 5.93. The van der Waals surface area contributed by atoms with E-state index in [0.29, 0.717) is 25.3 Å². The number of carboxylic acid groups (broad SMARTS) is 1. The first-order chi connectivity index (χ1) is 13.4. The van der Waals surface area contributed by atoms with Crippen LogP contribution in [0.4, 0.5) is 5.69 Å². The molecule has 0 amide bonds. The predicted molar refractivity (Wildman–Crippen MR) is 106 cm³/mol. The molecule has 0 bridgehead atoms. The number of anilines is 1. The van der Waals surface area contributed by atoms with Crippen LogP contribution in [0, 0.1) is 0 Å². The van der Waals surface area contributed by atoms with E-state index in [1.807, 2.05) is 12.1 Å². The molecule has 0 fully saturated rings. The van der Waals surface area contributed by atoms with Crippen LogP contribution in [0.5, 0.6) is 5.75 Å². The number of hydrogen-bond donors (Lipinski definition) is 3. The first-order valence-corrected chi connectivity index (χ1v) is 10.1. The highest BCUT2D eigenvalue weighted by Crippen LogP contribution is 2.21. The maximum Gasteiger partial charge on any atom is 0.337 e. The van der Waals surface area contributed by atoms with Crippen LogP contribution < -0.4 is 14.8 Å². The second-order valence-corrected chi connectivity index (χ2v) is 7.69. The van der Waals surface area contributed by atoms with E-state index >= 15 is 0 Å². The van der Waals surface area contributed by atoms with Gasteiger partial charge in [0.15, 0.2) is 0 Å². The molecule has 0 aliphatic carbocycles. The first-order valence-electron chi connectivity index (χ1n) is 8.60. The fourth-order valence-corrected chi connectivity index (χ4v) is 3.57. The number of sulfonamides is 1. The molecule has 0 spiro atoms. The van der Waals surface area contributed by atoms with Gasteiger partial charge in [-0.1, -0.05) is 12.1 Å². The minimum Gasteiger partial charge on any atom is -0.497 e. The molecule has 0 saturated carbocycles. The molecule has 3 N–H and O–H groups in total. The van der Waals surface area contributed by atoms with E-state index in [-0.39, 0.29) is 17.0 Å². The first kappa shape index (κ1) is 21.7. The van der Waals surface area contributed by atoms with Crippen molar-refractivity contribution in [3.8, 4) is 5.75 Å². The summed E-state index contributed by atoms with van der Waals surface area (Å²) in [6.45, 7) is 0.986. The zero-order valence-electron chi connectivity index (χ0n) is 15.8. The van der Waals surface area contributed by atoms with Crippen LogP contribution in [0.3, 0.4) is 0 Å². The van der Waals surface area contributed by atoms with Gasteiger partial charge < -0.3 is 19.9 Å². The molecule has 0 atom stereocenters. The smallest absolute Gasteiger partial charge is 0.337 e. The van der Waals surface area contributed by atoms with Crippen molar-refractivity contribution in [2.24, 2.45) is 0 Å². The van der Waals surface area contributed by atoms with Crippen LogP contribution >= 0.6 is 0 Å². The highest BCUT2D eigenvalue weighted by Gasteiger charge is 2.18. The van der Waals surface area contributed by atoms with E-state index in [1.54, 1.807) is 19.2 Å². The molecule has 28 heavy (non-hydrogen) atoms. The van der Waals surface area contributed by atoms with Crippen molar-refractivity contribution in [3.63, 3.8) is 0 Å². The summed E-state index contributed by atoms with van der Waals surface area (Å²) < 4.78 is 37.5. The molecule has 2 aromatic rings. The number of carboxylic acids is 1. The molecule has 0 radical (unpaired) electrons. The average molecular weight is 408 g/mol. The molecule has 0 heterocycles. The van der Waals surface area contributed by atoms with Crippen LogP contribution in [0.25, 0.3) is 0 Å². The third kappa shape index (κ3) is 5.95. The molecule has 9 heteroatoms. The summed E-state index contributed by atoms with van der Waals surface area (Å²) in [7, 11) is -0.721. The van der Waals surface area contributed by atoms with Gasteiger partial charge in [0.05, 0.1) is 24.2 Å². The Morgan fingerprint density at radius 1 is 1.07 bits per heavy atom. The van der Waals surface area contributed by atoms with E-state index < -0.39 is 16.0 Å². The lowest BCUT2D eigenvalue weighted by Crippen LogP contribution is -2.26. The Labute approximate surface area is 164 Å². The summed E-state index contributed by atoms with van der Waals surface area (Å²) in [5.74, 6) is -0.486. The Kier molecular flexibility index (Phi) is 7.80. The van der Waals surface area contributed by atoms with Gasteiger partial charge in [-0.3, -0.25) is 0 Å². The van der Waals surface area contributed by atoms with Crippen molar-refractivity contribution in [2.45, 2.75) is 11.3 Å². The van der Waals surface area contributed by atoms with Crippen LogP contribution in [-0.2, 0) is 21.2 Å². The lowest BCUT2D eigenvalue weighted by atomic mass is 10.1. The molecule has 0 aliphatic rings. The number of benzene rings is 2. The summed E-state index contributed by atoms with van der Waals surface area (Å²) in [4.78, 5) is 11.4. The minimum absolute atomic E-state index is 0.100. The standard InChI is InChI=1S/C19H24N2O6S/c1-26-12-11-20-18-8-7-16(13-17(18)19(22)23)28(24,25)21-10-9-14-3-5-15(27-2)6-4-14/h3-8,13,20-21H,9-12H2,1-2H3,(H,22,23). The van der Waals surface area contributed by atoms with Crippen molar-refractivity contribution in [3.05, 3.63) is 53.6 Å². The normalized spacial score (nSPS) is 11.2. The van der Waals surface area contributed by atoms with E-state index in [2.05, 4.69) is 10.0 Å². The second kappa shape index (κ2) is 10.1. The van der Waals surface area contributed by atoms with E-state index in [1.165, 1.54) is 19.2 Å². The van der Waals surface area contributed by atoms with Gasteiger partial charge >= 0.3 is 5.97 Å². The molecule has 0 aliphatic heterocycles. The van der Waals surface area contributed by atoms with Crippen LogP contribution in [0.15, 0.2) is 47.4 Å². The summed E-state index contributed by atoms with van der Waals surface area (Å²) >= 11 is 0. The van der Waals surface area contributed by atoms with Crippen molar-refractivity contribution >= 4 is 21.7 Å². The minimum atomic E-state index is -3.83. The number of hydrogen-bond acceptors (Lipinski definition) is 6. The zero-order valence-corrected chi connectivity index (χ0v) is 16.6. The summed E-state index contributed by atoms with van der Waals surface area (Å²) in [6.07, 6.45) is 0.492. The summed E-state index contributed by atoms with van der Waals surface area (Å²) in [5.41, 5.74) is 1.17. The number of methoxy groups -OCH3 is 2. The fraction of sp³-hybridized carbons (Fsp3) is 0.316. The molecule has 0 unspecified atom stereocenters. The van der Waals surface area contributed by atoms with Gasteiger partial charge in [0.1, 0.15) is 5.75 Å². The fourth-order valence-electron chi connectivity index (χ4n) is 2.51. The topological polar surface area (TPSA) is 114 Å². The largest absolute Gasteiger partial charge is 0.497 e. The highest BCUT2D eigenvalue weighted by atomic mass is 32.2. The molecule has 0 aromatic heterocycles. The lowest BCUT2D eigenvalue weighted by Gasteiger charge is -2.12. The van der Waals surface area contributed by atoms with Gasteiger partial charge in [-0.05, 0) is 42.3 Å². The molecule has 0 saturated heterocycles. The third-order valence-electron chi connectivity index (χ3n) is 4.02. The Bertz CT molecular complexity index is 897. The van der Waals surface area contributed by atoms with Crippen molar-refractivity contribution < 1.29 is 27.8 Å². The predicted octanol–water partition coefficient (Wildman–Crippen LogP) is 1.97. The zero-order chi connectivity index (χ0) is 20.6. The van der Waals surface area contributed by atoms with Crippen LogP contribution in [-0.4, -0.2) is 53.4 Å². The molecule has 8 nitrogen and oxygen atoms in total. The molecule has 2 aromatic carbocycles. The number of rotatable bonds is 11. The molecule has 2 rings (SSSR count). The Balaban J connectivity index is 2.06. The van der Waals surface area contributed by atoms with Gasteiger partial charge in [-0.2, -0.15) is 0 Å². The average Bonchev–Trinajstić information content (AvgIpc) is 2.68. The maximum atomic E-state index is 12.5. The maximum absolute atomic E-state index is 12.5. The Morgan fingerprint density at radius 2 is 1.79 bits per heavy atom. The number of nitrogens with one attached hydrogen (secondary N) is 2. The van der Waals surface area contributed by atoms with Crippen LogP contribution in [0.1, 0.15) is 15.9 Å². The molecule has 152 valence electrons. The van der Waals surface area contributed by atoms with E-state index in [0.717, 1.165) is 17.4 Å². The van der Waals surface area contributed by atoms with E-state index in [4.69, 9.17) is 9.47 Å². The van der Waals surface area contributed by atoms with Gasteiger partial charge in [0.2, 0.25) is 10.0 Å². The van der Waals surface area contributed by atoms with Gasteiger partial charge in [-0.25, -0.2) is 17.9 Å². The molecular formula is C19H24N2O6S. The number of ether oxygens (including phenoxy) is 2. The SMILES string of the molecule is COCCNc1ccc(S(=O)(=O)NCCc2ccc(OC)cc2)cc1C(=O)O.